The molecule has 1 N–H and O–H groups in total. The number of aliphatic carboxylic acids is 1. The second-order valence-electron chi connectivity index (χ2n) is 12.5. The Bertz CT molecular complexity index is 1150. The molecule has 1 saturated heterocycles. The molecule has 5 rings (SSSR count). The van der Waals surface area contributed by atoms with Crippen LogP contribution in [0.4, 0.5) is 0 Å². The molecule has 4 aliphatic rings. The molecule has 3 aliphatic carbocycles. The molecule has 0 radical (unpaired) electrons. The molecule has 0 aromatic carbocycles. The van der Waals surface area contributed by atoms with Gasteiger partial charge < -0.3 is 10.0 Å². The fourth-order valence-corrected chi connectivity index (χ4v) is 6.99. The van der Waals surface area contributed by atoms with Gasteiger partial charge in [0.1, 0.15) is 0 Å². The van der Waals surface area contributed by atoms with Gasteiger partial charge in [0.2, 0.25) is 5.91 Å². The molecular formula is C34H45N3O3. The summed E-state index contributed by atoms with van der Waals surface area (Å²) in [6, 6.07) is 0. The van der Waals surface area contributed by atoms with Crippen LogP contribution < -0.4 is 0 Å². The number of carbonyl (C=O) groups excluding carboxylic acids is 1. The van der Waals surface area contributed by atoms with Crippen molar-refractivity contribution in [2.45, 2.75) is 84.0 Å². The maximum absolute atomic E-state index is 12.3. The fraction of sp³-hybridized carbons (Fsp3) is 0.588. The smallest absolute Gasteiger partial charge is 0.310 e. The fourth-order valence-electron chi connectivity index (χ4n) is 6.99. The standard InChI is InChI=1S/C34H45N3O3/c1-2-4-24-7-13-28(14-8-24)29-15-10-26(11-16-29)19-27-20-35-33(36-21-27)30-6-3-5-25(9-17-30)12-18-32(38)37-22-31(23-37)34(39)40/h3,5-6,9-10,17,20-21,24-25,28-29,31H,2,4,7-8,11-16,18-19,22-23H2,1H3,(H,39,40). The van der Waals surface area contributed by atoms with E-state index in [1.165, 1.54) is 68.9 Å². The highest BCUT2D eigenvalue weighted by molar-refractivity contribution is 5.81. The van der Waals surface area contributed by atoms with E-state index in [0.29, 0.717) is 25.9 Å². The number of likely N-dealkylation sites (tertiary alicyclic amines) is 1. The van der Waals surface area contributed by atoms with Crippen molar-refractivity contribution in [1.29, 1.82) is 0 Å². The van der Waals surface area contributed by atoms with Crippen LogP contribution in [0.1, 0.15) is 88.9 Å². The number of carbonyl (C=O) groups is 2. The highest BCUT2D eigenvalue weighted by atomic mass is 16.4. The molecule has 214 valence electrons. The van der Waals surface area contributed by atoms with Gasteiger partial charge in [-0.3, -0.25) is 9.59 Å². The van der Waals surface area contributed by atoms with E-state index in [-0.39, 0.29) is 11.8 Å². The first-order valence-electron chi connectivity index (χ1n) is 15.5. The van der Waals surface area contributed by atoms with Gasteiger partial charge in [0, 0.05) is 37.5 Å². The SMILES string of the molecule is CCCC1CCC(C2CC=C(Cc3cnc(C4=CC=CC(CCC(=O)N5CC(C(=O)O)C5)C=C4)nc3)CC2)CC1. The first-order chi connectivity index (χ1) is 19.5. The quantitative estimate of drug-likeness (QED) is 0.328. The Morgan fingerprint density at radius 3 is 2.45 bits per heavy atom. The number of allylic oxidation sites excluding steroid dienone is 8. The molecule has 2 fully saturated rings. The predicted octanol–water partition coefficient (Wildman–Crippen LogP) is 6.80. The van der Waals surface area contributed by atoms with E-state index in [0.717, 1.165) is 35.6 Å². The van der Waals surface area contributed by atoms with Gasteiger partial charge >= 0.3 is 5.97 Å². The van der Waals surface area contributed by atoms with Crippen molar-refractivity contribution in [1.82, 2.24) is 14.9 Å². The summed E-state index contributed by atoms with van der Waals surface area (Å²) in [4.78, 5) is 34.3. The highest BCUT2D eigenvalue weighted by Gasteiger charge is 2.35. The minimum atomic E-state index is -0.818. The number of carboxylic acids is 1. The summed E-state index contributed by atoms with van der Waals surface area (Å²) in [5, 5.41) is 9.00. The van der Waals surface area contributed by atoms with Crippen molar-refractivity contribution in [3.05, 3.63) is 65.8 Å². The number of nitrogens with zero attached hydrogens (tertiary/aromatic N) is 3. The molecule has 1 saturated carbocycles. The van der Waals surface area contributed by atoms with E-state index in [9.17, 15) is 9.59 Å². The summed E-state index contributed by atoms with van der Waals surface area (Å²) >= 11 is 0. The molecule has 0 bridgehead atoms. The molecule has 6 heteroatoms. The van der Waals surface area contributed by atoms with Gasteiger partial charge in [0.05, 0.1) is 5.92 Å². The normalized spacial score (nSPS) is 27.0. The lowest BCUT2D eigenvalue weighted by molar-refractivity contribution is -0.152. The maximum atomic E-state index is 12.3. The van der Waals surface area contributed by atoms with Crippen LogP contribution in [0.2, 0.25) is 0 Å². The second-order valence-corrected chi connectivity index (χ2v) is 12.5. The summed E-state index contributed by atoms with van der Waals surface area (Å²) in [5.41, 5.74) is 3.68. The summed E-state index contributed by atoms with van der Waals surface area (Å²) in [6.45, 7) is 2.99. The zero-order valence-electron chi connectivity index (χ0n) is 24.0. The Balaban J connectivity index is 1.06. The minimum absolute atomic E-state index is 0.0359. The van der Waals surface area contributed by atoms with Gasteiger partial charge in [-0.15, -0.1) is 0 Å². The molecule has 0 spiro atoms. The third kappa shape index (κ3) is 7.38. The zero-order valence-corrected chi connectivity index (χ0v) is 24.0. The average Bonchev–Trinajstić information content (AvgIpc) is 3.18. The van der Waals surface area contributed by atoms with Crippen LogP contribution in [0, 0.1) is 29.6 Å². The highest BCUT2D eigenvalue weighted by Crippen LogP contribution is 2.41. The lowest BCUT2D eigenvalue weighted by Crippen LogP contribution is -2.53. The number of carboxylic acid groups (broad SMARTS) is 1. The van der Waals surface area contributed by atoms with Crippen LogP contribution in [0.3, 0.4) is 0 Å². The predicted molar refractivity (Wildman–Crippen MR) is 158 cm³/mol. The molecule has 1 aromatic heterocycles. The van der Waals surface area contributed by atoms with Gasteiger partial charge in [-0.2, -0.15) is 0 Å². The van der Waals surface area contributed by atoms with Crippen LogP contribution in [0.5, 0.6) is 0 Å². The maximum Gasteiger partial charge on any atom is 0.310 e. The molecule has 2 unspecified atom stereocenters. The molecule has 6 nitrogen and oxygen atoms in total. The van der Waals surface area contributed by atoms with Gasteiger partial charge in [0.15, 0.2) is 5.82 Å². The Morgan fingerprint density at radius 2 is 1.77 bits per heavy atom. The average molecular weight is 544 g/mol. The van der Waals surface area contributed by atoms with Crippen LogP contribution in [-0.4, -0.2) is 44.9 Å². The molecule has 40 heavy (non-hydrogen) atoms. The third-order valence-corrected chi connectivity index (χ3v) is 9.63. The van der Waals surface area contributed by atoms with Crippen LogP contribution in [0.15, 0.2) is 54.4 Å². The molecule has 2 heterocycles. The molecule has 2 atom stereocenters. The van der Waals surface area contributed by atoms with E-state index >= 15 is 0 Å². The van der Waals surface area contributed by atoms with Crippen LogP contribution >= 0.6 is 0 Å². The van der Waals surface area contributed by atoms with E-state index < -0.39 is 11.9 Å². The van der Waals surface area contributed by atoms with Crippen LogP contribution in [-0.2, 0) is 16.0 Å². The number of rotatable bonds is 10. The second kappa shape index (κ2) is 13.6. The monoisotopic (exact) mass is 543 g/mol. The molecular weight excluding hydrogens is 498 g/mol. The zero-order chi connectivity index (χ0) is 27.9. The Kier molecular flexibility index (Phi) is 9.66. The van der Waals surface area contributed by atoms with Crippen LogP contribution in [0.25, 0.3) is 5.57 Å². The van der Waals surface area contributed by atoms with E-state index in [1.54, 1.807) is 4.90 Å². The summed E-state index contributed by atoms with van der Waals surface area (Å²) in [6.07, 6.45) is 31.2. The first kappa shape index (κ1) is 28.5. The Morgan fingerprint density at radius 1 is 1.00 bits per heavy atom. The summed E-state index contributed by atoms with van der Waals surface area (Å²) in [5.74, 6) is 2.50. The summed E-state index contributed by atoms with van der Waals surface area (Å²) in [7, 11) is 0. The van der Waals surface area contributed by atoms with Crippen molar-refractivity contribution >= 4 is 17.4 Å². The van der Waals surface area contributed by atoms with Gasteiger partial charge in [-0.05, 0) is 74.2 Å². The van der Waals surface area contributed by atoms with Gasteiger partial charge in [-0.25, -0.2) is 9.97 Å². The van der Waals surface area contributed by atoms with Crippen molar-refractivity contribution in [3.63, 3.8) is 0 Å². The number of hydrogen-bond donors (Lipinski definition) is 1. The summed E-state index contributed by atoms with van der Waals surface area (Å²) < 4.78 is 0. The topological polar surface area (TPSA) is 83.4 Å². The molecule has 1 amide bonds. The minimum Gasteiger partial charge on any atom is -0.481 e. The third-order valence-electron chi connectivity index (χ3n) is 9.63. The van der Waals surface area contributed by atoms with Crippen molar-refractivity contribution in [2.24, 2.45) is 29.6 Å². The Hall–Kier alpha value is -3.02. The lowest BCUT2D eigenvalue weighted by atomic mass is 9.70. The Labute approximate surface area is 239 Å². The van der Waals surface area contributed by atoms with E-state index in [2.05, 4.69) is 35.1 Å². The lowest BCUT2D eigenvalue weighted by Gasteiger charge is -2.36. The number of hydrogen-bond acceptors (Lipinski definition) is 4. The van der Waals surface area contributed by atoms with Gasteiger partial charge in [0.25, 0.3) is 0 Å². The number of amides is 1. The van der Waals surface area contributed by atoms with E-state index in [4.69, 9.17) is 5.11 Å². The molecule has 1 aliphatic heterocycles. The first-order valence-corrected chi connectivity index (χ1v) is 15.5. The molecule has 1 aromatic rings. The van der Waals surface area contributed by atoms with E-state index in [1.807, 2.05) is 30.6 Å². The largest absolute Gasteiger partial charge is 0.481 e. The number of aromatic nitrogens is 2. The van der Waals surface area contributed by atoms with Gasteiger partial charge in [-0.1, -0.05) is 74.6 Å². The van der Waals surface area contributed by atoms with Crippen molar-refractivity contribution in [2.75, 3.05) is 13.1 Å². The van der Waals surface area contributed by atoms with Crippen molar-refractivity contribution < 1.29 is 14.7 Å². The van der Waals surface area contributed by atoms with Crippen molar-refractivity contribution in [3.8, 4) is 0 Å².